The second-order valence-electron chi connectivity index (χ2n) is 4.45. The highest BCUT2D eigenvalue weighted by atomic mass is 19.1. The number of nitrogens with zero attached hydrogens (tertiary/aromatic N) is 2. The van der Waals surface area contributed by atoms with Gasteiger partial charge >= 0.3 is 0 Å². The van der Waals surface area contributed by atoms with E-state index in [4.69, 9.17) is 13.9 Å². The highest BCUT2D eigenvalue weighted by molar-refractivity contribution is 5.53. The van der Waals surface area contributed by atoms with Crippen LogP contribution in [0.5, 0.6) is 11.5 Å². The largest absolute Gasteiger partial charge is 0.497 e. The SMILES string of the molecule is COc1ccc(OCc2nnc(-c3ccccc3F)o2)cc1. The van der Waals surface area contributed by atoms with Crippen LogP contribution in [0.25, 0.3) is 11.5 Å². The third-order valence-electron chi connectivity index (χ3n) is 2.99. The molecule has 0 fully saturated rings. The average molecular weight is 300 g/mol. The van der Waals surface area contributed by atoms with Crippen LogP contribution >= 0.6 is 0 Å². The molecule has 22 heavy (non-hydrogen) atoms. The van der Waals surface area contributed by atoms with Gasteiger partial charge in [0.15, 0.2) is 6.61 Å². The lowest BCUT2D eigenvalue weighted by Gasteiger charge is -2.04. The first-order valence-corrected chi connectivity index (χ1v) is 6.60. The van der Waals surface area contributed by atoms with Crippen molar-refractivity contribution in [3.63, 3.8) is 0 Å². The van der Waals surface area contributed by atoms with E-state index >= 15 is 0 Å². The van der Waals surface area contributed by atoms with Crippen molar-refractivity contribution in [2.45, 2.75) is 6.61 Å². The van der Waals surface area contributed by atoms with Crippen LogP contribution in [0.2, 0.25) is 0 Å². The minimum Gasteiger partial charge on any atom is -0.497 e. The first-order chi connectivity index (χ1) is 10.8. The molecule has 0 saturated heterocycles. The fraction of sp³-hybridized carbons (Fsp3) is 0.125. The predicted molar refractivity (Wildman–Crippen MR) is 77.0 cm³/mol. The third-order valence-corrected chi connectivity index (χ3v) is 2.99. The van der Waals surface area contributed by atoms with Gasteiger partial charge in [-0.15, -0.1) is 10.2 Å². The highest BCUT2D eigenvalue weighted by Gasteiger charge is 2.12. The lowest BCUT2D eigenvalue weighted by atomic mass is 10.2. The van der Waals surface area contributed by atoms with Crippen molar-refractivity contribution in [2.24, 2.45) is 0 Å². The van der Waals surface area contributed by atoms with Gasteiger partial charge in [0.05, 0.1) is 12.7 Å². The summed E-state index contributed by atoms with van der Waals surface area (Å²) < 4.78 is 29.6. The standard InChI is InChI=1S/C16H13FN2O3/c1-20-11-6-8-12(9-7-11)21-10-15-18-19-16(22-15)13-4-2-3-5-14(13)17/h2-9H,10H2,1H3. The molecule has 3 aromatic rings. The molecule has 0 spiro atoms. The summed E-state index contributed by atoms with van der Waals surface area (Å²) in [5.41, 5.74) is 0.269. The summed E-state index contributed by atoms with van der Waals surface area (Å²) in [6.07, 6.45) is 0. The summed E-state index contributed by atoms with van der Waals surface area (Å²) in [7, 11) is 1.60. The Morgan fingerprint density at radius 3 is 2.45 bits per heavy atom. The summed E-state index contributed by atoms with van der Waals surface area (Å²) in [4.78, 5) is 0. The van der Waals surface area contributed by atoms with Gasteiger partial charge in [-0.3, -0.25) is 0 Å². The average Bonchev–Trinajstić information content (AvgIpc) is 3.02. The summed E-state index contributed by atoms with van der Waals surface area (Å²) in [6, 6.07) is 13.3. The first-order valence-electron chi connectivity index (χ1n) is 6.60. The highest BCUT2D eigenvalue weighted by Crippen LogP contribution is 2.22. The Morgan fingerprint density at radius 2 is 1.73 bits per heavy atom. The number of rotatable bonds is 5. The fourth-order valence-electron chi connectivity index (χ4n) is 1.87. The molecule has 0 aliphatic carbocycles. The molecule has 3 rings (SSSR count). The summed E-state index contributed by atoms with van der Waals surface area (Å²) in [6.45, 7) is 0.105. The van der Waals surface area contributed by atoms with Crippen molar-refractivity contribution >= 4 is 0 Å². The lowest BCUT2D eigenvalue weighted by Crippen LogP contribution is -1.95. The molecule has 0 saturated carbocycles. The van der Waals surface area contributed by atoms with Gasteiger partial charge in [-0.25, -0.2) is 4.39 Å². The quantitative estimate of drug-likeness (QED) is 0.722. The molecule has 5 nitrogen and oxygen atoms in total. The van der Waals surface area contributed by atoms with E-state index in [0.717, 1.165) is 5.75 Å². The Morgan fingerprint density at radius 1 is 1.00 bits per heavy atom. The predicted octanol–water partition coefficient (Wildman–Crippen LogP) is 3.46. The molecule has 0 aliphatic rings. The van der Waals surface area contributed by atoms with E-state index in [9.17, 15) is 4.39 Å². The van der Waals surface area contributed by atoms with E-state index < -0.39 is 5.82 Å². The Balaban J connectivity index is 1.68. The van der Waals surface area contributed by atoms with Crippen LogP contribution in [0, 0.1) is 5.82 Å². The monoisotopic (exact) mass is 300 g/mol. The van der Waals surface area contributed by atoms with Crippen molar-refractivity contribution in [1.82, 2.24) is 10.2 Å². The first kappa shape index (κ1) is 14.1. The molecule has 0 atom stereocenters. The molecular weight excluding hydrogens is 287 g/mol. The molecule has 0 radical (unpaired) electrons. The van der Waals surface area contributed by atoms with Gasteiger partial charge in [-0.2, -0.15) is 0 Å². The Labute approximate surface area is 126 Å². The maximum Gasteiger partial charge on any atom is 0.254 e. The summed E-state index contributed by atoms with van der Waals surface area (Å²) in [5, 5.41) is 7.68. The number of halogens is 1. The molecule has 0 amide bonds. The smallest absolute Gasteiger partial charge is 0.254 e. The van der Waals surface area contributed by atoms with Crippen molar-refractivity contribution in [3.05, 3.63) is 60.2 Å². The molecule has 112 valence electrons. The van der Waals surface area contributed by atoms with Gasteiger partial charge < -0.3 is 13.9 Å². The van der Waals surface area contributed by atoms with Crippen LogP contribution < -0.4 is 9.47 Å². The Bertz CT molecular complexity index is 756. The van der Waals surface area contributed by atoms with E-state index in [1.807, 2.05) is 0 Å². The van der Waals surface area contributed by atoms with Crippen LogP contribution in [-0.4, -0.2) is 17.3 Å². The molecule has 0 N–H and O–H groups in total. The maximum atomic E-state index is 13.6. The number of hydrogen-bond acceptors (Lipinski definition) is 5. The fourth-order valence-corrected chi connectivity index (χ4v) is 1.87. The molecule has 0 unspecified atom stereocenters. The number of methoxy groups -OCH3 is 1. The van der Waals surface area contributed by atoms with Crippen molar-refractivity contribution in [3.8, 4) is 23.0 Å². The van der Waals surface area contributed by atoms with Gasteiger partial charge in [0.25, 0.3) is 11.8 Å². The minimum atomic E-state index is -0.409. The zero-order valence-electron chi connectivity index (χ0n) is 11.8. The van der Waals surface area contributed by atoms with Crippen LogP contribution in [0.3, 0.4) is 0 Å². The van der Waals surface area contributed by atoms with E-state index in [1.54, 1.807) is 49.6 Å². The van der Waals surface area contributed by atoms with Crippen molar-refractivity contribution < 1.29 is 18.3 Å². The number of ether oxygens (including phenoxy) is 2. The van der Waals surface area contributed by atoms with Crippen LogP contribution in [0.1, 0.15) is 5.89 Å². The van der Waals surface area contributed by atoms with Crippen molar-refractivity contribution in [2.75, 3.05) is 7.11 Å². The topological polar surface area (TPSA) is 57.4 Å². The molecule has 1 heterocycles. The summed E-state index contributed by atoms with van der Waals surface area (Å²) in [5.74, 6) is 1.38. The second kappa shape index (κ2) is 6.26. The Kier molecular flexibility index (Phi) is 4.00. The maximum absolute atomic E-state index is 13.6. The second-order valence-corrected chi connectivity index (χ2v) is 4.45. The third kappa shape index (κ3) is 3.06. The van der Waals surface area contributed by atoms with Gasteiger partial charge in [-0.1, -0.05) is 12.1 Å². The van der Waals surface area contributed by atoms with E-state index in [1.165, 1.54) is 6.07 Å². The zero-order valence-corrected chi connectivity index (χ0v) is 11.8. The van der Waals surface area contributed by atoms with Gasteiger partial charge in [0, 0.05) is 0 Å². The molecule has 0 bridgehead atoms. The van der Waals surface area contributed by atoms with E-state index in [2.05, 4.69) is 10.2 Å². The number of aromatic nitrogens is 2. The van der Waals surface area contributed by atoms with Crippen LogP contribution in [-0.2, 0) is 6.61 Å². The van der Waals surface area contributed by atoms with Gasteiger partial charge in [0.1, 0.15) is 17.3 Å². The molecule has 2 aromatic carbocycles. The van der Waals surface area contributed by atoms with Crippen LogP contribution in [0.4, 0.5) is 4.39 Å². The molecule has 6 heteroatoms. The zero-order chi connectivity index (χ0) is 15.4. The lowest BCUT2D eigenvalue weighted by molar-refractivity contribution is 0.264. The molecule has 0 aliphatic heterocycles. The van der Waals surface area contributed by atoms with Gasteiger partial charge in [-0.05, 0) is 36.4 Å². The number of hydrogen-bond donors (Lipinski definition) is 0. The minimum absolute atomic E-state index is 0.105. The molecular formula is C16H13FN2O3. The normalized spacial score (nSPS) is 10.5. The van der Waals surface area contributed by atoms with E-state index in [0.29, 0.717) is 5.75 Å². The van der Waals surface area contributed by atoms with E-state index in [-0.39, 0.29) is 24.0 Å². The number of benzene rings is 2. The van der Waals surface area contributed by atoms with Crippen LogP contribution in [0.15, 0.2) is 52.9 Å². The molecule has 1 aromatic heterocycles. The van der Waals surface area contributed by atoms with Gasteiger partial charge in [0.2, 0.25) is 0 Å². The van der Waals surface area contributed by atoms with Crippen molar-refractivity contribution in [1.29, 1.82) is 0 Å². The summed E-state index contributed by atoms with van der Waals surface area (Å²) >= 11 is 0. The Hall–Kier alpha value is -2.89.